The molecule has 30 heavy (non-hydrogen) atoms. The summed E-state index contributed by atoms with van der Waals surface area (Å²) in [5.74, 6) is 0.308. The summed E-state index contributed by atoms with van der Waals surface area (Å²) in [6.45, 7) is 0. The molecule has 0 saturated heterocycles. The number of nitrogens with zero attached hydrogens (tertiary/aromatic N) is 2. The highest BCUT2D eigenvalue weighted by atomic mass is 32.2. The zero-order valence-corrected chi connectivity index (χ0v) is 16.7. The van der Waals surface area contributed by atoms with Crippen molar-refractivity contribution in [2.45, 2.75) is 4.90 Å². The second kappa shape index (κ2) is 9.05. The molecule has 0 atom stereocenters. The second-order valence-corrected chi connectivity index (χ2v) is 7.67. The molecule has 0 aromatic heterocycles. The Morgan fingerprint density at radius 2 is 1.70 bits per heavy atom. The van der Waals surface area contributed by atoms with Crippen molar-refractivity contribution >= 4 is 33.3 Å². The van der Waals surface area contributed by atoms with Crippen LogP contribution in [0.5, 0.6) is 5.75 Å². The van der Waals surface area contributed by atoms with E-state index in [-0.39, 0.29) is 22.0 Å². The Morgan fingerprint density at radius 1 is 1.00 bits per heavy atom. The first kappa shape index (κ1) is 20.8. The summed E-state index contributed by atoms with van der Waals surface area (Å²) in [5, 5.41) is 15.2. The van der Waals surface area contributed by atoms with Crippen molar-refractivity contribution in [3.63, 3.8) is 0 Å². The Kier molecular flexibility index (Phi) is 6.28. The molecular formula is C20H18N4O5S. The van der Waals surface area contributed by atoms with E-state index in [2.05, 4.69) is 15.2 Å². The molecule has 0 aliphatic rings. The average Bonchev–Trinajstić information content (AvgIpc) is 2.74. The molecule has 0 spiro atoms. The Balaban J connectivity index is 1.97. The van der Waals surface area contributed by atoms with Crippen LogP contribution in [0.15, 0.2) is 82.8 Å². The number of para-hydroxylation sites is 2. The standard InChI is InChI=1S/C20H18N4O5S/c1-29-19-10-6-5-9-17(19)23-30(27,28)20-13-16(24(25)26)11-12-18(20)22-21-14-15-7-3-2-4-8-15/h2-14,22-23H,1H3. The zero-order chi connectivity index (χ0) is 21.6. The van der Waals surface area contributed by atoms with E-state index >= 15 is 0 Å². The molecule has 0 fully saturated rings. The van der Waals surface area contributed by atoms with E-state index in [1.165, 1.54) is 31.5 Å². The highest BCUT2D eigenvalue weighted by Crippen LogP contribution is 2.31. The number of hydrogen-bond acceptors (Lipinski definition) is 7. The summed E-state index contributed by atoms with van der Waals surface area (Å²) < 4.78 is 33.6. The maximum absolute atomic E-state index is 13.0. The van der Waals surface area contributed by atoms with Gasteiger partial charge in [-0.25, -0.2) is 8.42 Å². The van der Waals surface area contributed by atoms with Gasteiger partial charge in [0, 0.05) is 12.1 Å². The van der Waals surface area contributed by atoms with E-state index in [0.29, 0.717) is 5.75 Å². The molecule has 0 saturated carbocycles. The summed E-state index contributed by atoms with van der Waals surface area (Å²) in [7, 11) is -2.79. The Bertz CT molecular complexity index is 1180. The van der Waals surface area contributed by atoms with E-state index < -0.39 is 14.9 Å². The van der Waals surface area contributed by atoms with Crippen LogP contribution in [0.4, 0.5) is 17.1 Å². The first-order valence-electron chi connectivity index (χ1n) is 8.69. The minimum atomic E-state index is -4.20. The molecule has 9 nitrogen and oxygen atoms in total. The van der Waals surface area contributed by atoms with Gasteiger partial charge in [0.25, 0.3) is 15.7 Å². The smallest absolute Gasteiger partial charge is 0.270 e. The van der Waals surface area contributed by atoms with Gasteiger partial charge in [0.1, 0.15) is 10.6 Å². The van der Waals surface area contributed by atoms with Crippen LogP contribution in [0, 0.1) is 10.1 Å². The molecule has 0 aliphatic heterocycles. The molecule has 154 valence electrons. The number of nitrogens with one attached hydrogen (secondary N) is 2. The zero-order valence-electron chi connectivity index (χ0n) is 15.8. The van der Waals surface area contributed by atoms with E-state index in [0.717, 1.165) is 11.6 Å². The van der Waals surface area contributed by atoms with Gasteiger partial charge >= 0.3 is 0 Å². The molecule has 0 bridgehead atoms. The van der Waals surface area contributed by atoms with Crippen LogP contribution in [0.3, 0.4) is 0 Å². The first-order chi connectivity index (χ1) is 14.4. The number of hydrazone groups is 1. The van der Waals surface area contributed by atoms with Gasteiger partial charge in [-0.05, 0) is 23.8 Å². The SMILES string of the molecule is COc1ccccc1NS(=O)(=O)c1cc([N+](=O)[O-])ccc1NN=Cc1ccccc1. The lowest BCUT2D eigenvalue weighted by Gasteiger charge is -2.14. The summed E-state index contributed by atoms with van der Waals surface area (Å²) in [6, 6.07) is 19.1. The Labute approximate surface area is 173 Å². The lowest BCUT2D eigenvalue weighted by Crippen LogP contribution is -2.15. The van der Waals surface area contributed by atoms with E-state index in [9.17, 15) is 18.5 Å². The van der Waals surface area contributed by atoms with Gasteiger partial charge in [-0.2, -0.15) is 5.10 Å². The third-order valence-corrected chi connectivity index (χ3v) is 5.42. The number of rotatable bonds is 8. The maximum atomic E-state index is 13.0. The predicted octanol–water partition coefficient (Wildman–Crippen LogP) is 3.85. The van der Waals surface area contributed by atoms with Crippen LogP contribution in [-0.4, -0.2) is 26.7 Å². The monoisotopic (exact) mass is 426 g/mol. The van der Waals surface area contributed by atoms with E-state index in [1.807, 2.05) is 30.3 Å². The fraction of sp³-hybridized carbons (Fsp3) is 0.0500. The third kappa shape index (κ3) is 4.92. The lowest BCUT2D eigenvalue weighted by atomic mass is 10.2. The molecule has 0 unspecified atom stereocenters. The number of ether oxygens (including phenoxy) is 1. The highest BCUT2D eigenvalue weighted by molar-refractivity contribution is 7.93. The van der Waals surface area contributed by atoms with Gasteiger partial charge in [0.05, 0.1) is 29.6 Å². The molecule has 0 heterocycles. The normalized spacial score (nSPS) is 11.2. The number of benzene rings is 3. The fourth-order valence-corrected chi connectivity index (χ4v) is 3.83. The minimum absolute atomic E-state index is 0.0789. The summed E-state index contributed by atoms with van der Waals surface area (Å²) >= 11 is 0. The van der Waals surface area contributed by atoms with Gasteiger partial charge in [-0.1, -0.05) is 42.5 Å². The molecule has 10 heteroatoms. The van der Waals surface area contributed by atoms with Crippen molar-refractivity contribution < 1.29 is 18.1 Å². The number of nitro benzene ring substituents is 1. The van der Waals surface area contributed by atoms with Crippen molar-refractivity contribution in [2.75, 3.05) is 17.3 Å². The van der Waals surface area contributed by atoms with Crippen molar-refractivity contribution in [1.82, 2.24) is 0 Å². The van der Waals surface area contributed by atoms with Gasteiger partial charge in [0.2, 0.25) is 0 Å². The van der Waals surface area contributed by atoms with Crippen molar-refractivity contribution in [3.05, 3.63) is 88.5 Å². The van der Waals surface area contributed by atoms with Crippen LogP contribution in [0.1, 0.15) is 5.56 Å². The largest absolute Gasteiger partial charge is 0.495 e. The van der Waals surface area contributed by atoms with Gasteiger partial charge in [0.15, 0.2) is 0 Å². The van der Waals surface area contributed by atoms with Crippen molar-refractivity contribution in [2.24, 2.45) is 5.10 Å². The quantitative estimate of drug-likeness (QED) is 0.320. The van der Waals surface area contributed by atoms with Crippen LogP contribution in [0.25, 0.3) is 0 Å². The second-order valence-electron chi connectivity index (χ2n) is 6.02. The van der Waals surface area contributed by atoms with Gasteiger partial charge in [-0.3, -0.25) is 20.3 Å². The Morgan fingerprint density at radius 3 is 2.40 bits per heavy atom. The van der Waals surface area contributed by atoms with E-state index in [4.69, 9.17) is 4.74 Å². The van der Waals surface area contributed by atoms with Crippen molar-refractivity contribution in [3.8, 4) is 5.75 Å². The van der Waals surface area contributed by atoms with Crippen LogP contribution >= 0.6 is 0 Å². The lowest BCUT2D eigenvalue weighted by molar-refractivity contribution is -0.385. The summed E-state index contributed by atoms with van der Waals surface area (Å²) in [5.41, 5.74) is 3.35. The number of non-ortho nitro benzene ring substituents is 1. The maximum Gasteiger partial charge on any atom is 0.270 e. The number of sulfonamides is 1. The number of methoxy groups -OCH3 is 1. The highest BCUT2D eigenvalue weighted by Gasteiger charge is 2.23. The van der Waals surface area contributed by atoms with Crippen molar-refractivity contribution in [1.29, 1.82) is 0 Å². The average molecular weight is 426 g/mol. The van der Waals surface area contributed by atoms with Gasteiger partial charge in [-0.15, -0.1) is 0 Å². The van der Waals surface area contributed by atoms with Gasteiger partial charge < -0.3 is 4.74 Å². The predicted molar refractivity (Wildman–Crippen MR) is 115 cm³/mol. The molecule has 3 aromatic carbocycles. The third-order valence-electron chi connectivity index (χ3n) is 4.02. The topological polar surface area (TPSA) is 123 Å². The molecule has 0 radical (unpaired) electrons. The minimum Gasteiger partial charge on any atom is -0.495 e. The molecule has 0 amide bonds. The molecular weight excluding hydrogens is 408 g/mol. The van der Waals surface area contributed by atoms with Crippen LogP contribution in [0.2, 0.25) is 0 Å². The number of hydrogen-bond donors (Lipinski definition) is 2. The van der Waals surface area contributed by atoms with E-state index in [1.54, 1.807) is 18.2 Å². The number of anilines is 2. The first-order valence-corrected chi connectivity index (χ1v) is 10.2. The number of nitro groups is 1. The molecule has 3 rings (SSSR count). The van der Waals surface area contributed by atoms with Crippen LogP contribution < -0.4 is 14.9 Å². The fourth-order valence-electron chi connectivity index (χ4n) is 2.58. The summed E-state index contributed by atoms with van der Waals surface area (Å²) in [6.07, 6.45) is 1.51. The molecule has 0 aliphatic carbocycles. The van der Waals surface area contributed by atoms with Crippen LogP contribution in [-0.2, 0) is 10.0 Å². The Hall–Kier alpha value is -3.92. The summed E-state index contributed by atoms with van der Waals surface area (Å²) in [4.78, 5) is 10.2. The molecule has 2 N–H and O–H groups in total. The molecule has 3 aromatic rings.